The van der Waals surface area contributed by atoms with Gasteiger partial charge in [-0.2, -0.15) is 0 Å². The number of hydrogen-bond donors (Lipinski definition) is 2. The number of anilines is 2. The average Bonchev–Trinajstić information content (AvgIpc) is 2.77. The molecule has 6 heteroatoms. The fourth-order valence-electron chi connectivity index (χ4n) is 2.47. The number of aliphatic hydroxyl groups excluding tert-OH is 1. The van der Waals surface area contributed by atoms with Crippen LogP contribution in [0, 0.1) is 6.92 Å². The van der Waals surface area contributed by atoms with Gasteiger partial charge in [-0.3, -0.25) is 0 Å². The molecular weight excluding hydrogens is 262 g/mol. The first kappa shape index (κ1) is 12.7. The van der Waals surface area contributed by atoms with E-state index in [-0.39, 0.29) is 12.6 Å². The summed E-state index contributed by atoms with van der Waals surface area (Å²) >= 11 is 1.64. The highest BCUT2D eigenvalue weighted by Crippen LogP contribution is 2.33. The Hall–Kier alpha value is -1.37. The highest BCUT2D eigenvalue weighted by atomic mass is 32.1. The van der Waals surface area contributed by atoms with Gasteiger partial charge < -0.3 is 20.5 Å². The SMILES string of the molecule is Cc1nc2cc(N3CCOCC3CO)c(N)cc2s1. The first-order chi connectivity index (χ1) is 9.19. The van der Waals surface area contributed by atoms with Gasteiger partial charge in [0, 0.05) is 6.54 Å². The summed E-state index contributed by atoms with van der Waals surface area (Å²) < 4.78 is 6.50. The third-order valence-electron chi connectivity index (χ3n) is 3.39. The summed E-state index contributed by atoms with van der Waals surface area (Å²) in [4.78, 5) is 6.62. The summed E-state index contributed by atoms with van der Waals surface area (Å²) in [6.07, 6.45) is 0. The Labute approximate surface area is 115 Å². The Kier molecular flexibility index (Phi) is 3.30. The highest BCUT2D eigenvalue weighted by molar-refractivity contribution is 7.18. The van der Waals surface area contributed by atoms with Crippen molar-refractivity contribution in [1.82, 2.24) is 4.98 Å². The molecule has 2 aromatic rings. The van der Waals surface area contributed by atoms with Crippen LogP contribution in [-0.2, 0) is 4.74 Å². The minimum absolute atomic E-state index is 0.0340. The molecule has 0 radical (unpaired) electrons. The van der Waals surface area contributed by atoms with E-state index >= 15 is 0 Å². The number of nitrogens with two attached hydrogens (primary N) is 1. The maximum absolute atomic E-state index is 9.45. The van der Waals surface area contributed by atoms with Crippen LogP contribution in [0.4, 0.5) is 11.4 Å². The predicted molar refractivity (Wildman–Crippen MR) is 77.8 cm³/mol. The van der Waals surface area contributed by atoms with Gasteiger partial charge in [-0.25, -0.2) is 4.98 Å². The van der Waals surface area contributed by atoms with Crippen LogP contribution in [0.3, 0.4) is 0 Å². The van der Waals surface area contributed by atoms with Crippen LogP contribution in [0.5, 0.6) is 0 Å². The van der Waals surface area contributed by atoms with Crippen LogP contribution >= 0.6 is 11.3 Å². The molecule has 0 amide bonds. The Morgan fingerprint density at radius 1 is 1.58 bits per heavy atom. The van der Waals surface area contributed by atoms with Crippen molar-refractivity contribution in [2.45, 2.75) is 13.0 Å². The van der Waals surface area contributed by atoms with Crippen molar-refractivity contribution in [3.05, 3.63) is 17.1 Å². The lowest BCUT2D eigenvalue weighted by molar-refractivity contribution is 0.0728. The third-order valence-corrected chi connectivity index (χ3v) is 4.33. The number of aliphatic hydroxyl groups is 1. The van der Waals surface area contributed by atoms with Crippen LogP contribution in [0.25, 0.3) is 10.2 Å². The van der Waals surface area contributed by atoms with Gasteiger partial charge in [-0.1, -0.05) is 0 Å². The molecule has 2 heterocycles. The minimum Gasteiger partial charge on any atom is -0.397 e. The van der Waals surface area contributed by atoms with Gasteiger partial charge in [0.25, 0.3) is 0 Å². The Balaban J connectivity index is 2.04. The number of aryl methyl sites for hydroxylation is 1. The number of thiazole rings is 1. The van der Waals surface area contributed by atoms with Crippen LogP contribution in [0.1, 0.15) is 5.01 Å². The molecule has 3 N–H and O–H groups in total. The quantitative estimate of drug-likeness (QED) is 0.813. The van der Waals surface area contributed by atoms with Gasteiger partial charge in [-0.15, -0.1) is 11.3 Å². The molecule has 5 nitrogen and oxygen atoms in total. The van der Waals surface area contributed by atoms with E-state index < -0.39 is 0 Å². The van der Waals surface area contributed by atoms with E-state index in [2.05, 4.69) is 9.88 Å². The number of aromatic nitrogens is 1. The molecule has 102 valence electrons. The molecule has 1 fully saturated rings. The zero-order valence-corrected chi connectivity index (χ0v) is 11.6. The second kappa shape index (κ2) is 4.96. The fraction of sp³-hybridized carbons (Fsp3) is 0.462. The van der Waals surface area contributed by atoms with Gasteiger partial charge >= 0.3 is 0 Å². The second-order valence-electron chi connectivity index (χ2n) is 4.72. The van der Waals surface area contributed by atoms with Crippen molar-refractivity contribution >= 4 is 32.9 Å². The maximum atomic E-state index is 9.45. The Morgan fingerprint density at radius 2 is 2.42 bits per heavy atom. The van der Waals surface area contributed by atoms with E-state index in [1.54, 1.807) is 11.3 Å². The van der Waals surface area contributed by atoms with Gasteiger partial charge in [-0.05, 0) is 19.1 Å². The zero-order chi connectivity index (χ0) is 13.4. The van der Waals surface area contributed by atoms with E-state index in [0.29, 0.717) is 13.2 Å². The lowest BCUT2D eigenvalue weighted by Crippen LogP contribution is -2.47. The molecule has 3 rings (SSSR count). The number of rotatable bonds is 2. The standard InChI is InChI=1S/C13H17N3O2S/c1-8-15-11-5-12(10(14)4-13(11)19-8)16-2-3-18-7-9(16)6-17/h4-5,9,17H,2-3,6-7,14H2,1H3. The monoisotopic (exact) mass is 279 g/mol. The topological polar surface area (TPSA) is 71.6 Å². The molecule has 1 aromatic carbocycles. The van der Waals surface area contributed by atoms with Gasteiger partial charge in [0.2, 0.25) is 0 Å². The smallest absolute Gasteiger partial charge is 0.0907 e. The summed E-state index contributed by atoms with van der Waals surface area (Å²) in [6.45, 7) is 3.98. The molecular formula is C13H17N3O2S. The zero-order valence-electron chi connectivity index (χ0n) is 10.8. The van der Waals surface area contributed by atoms with E-state index in [1.807, 2.05) is 19.1 Å². The second-order valence-corrected chi connectivity index (χ2v) is 5.95. The molecule has 19 heavy (non-hydrogen) atoms. The maximum Gasteiger partial charge on any atom is 0.0907 e. The lowest BCUT2D eigenvalue weighted by atomic mass is 10.1. The van der Waals surface area contributed by atoms with Crippen molar-refractivity contribution in [3.63, 3.8) is 0 Å². The Morgan fingerprint density at radius 3 is 3.21 bits per heavy atom. The van der Waals surface area contributed by atoms with E-state index in [0.717, 1.165) is 33.1 Å². The van der Waals surface area contributed by atoms with Gasteiger partial charge in [0.1, 0.15) is 0 Å². The van der Waals surface area contributed by atoms with Crippen LogP contribution in [-0.4, -0.2) is 42.5 Å². The number of fused-ring (bicyclic) bond motifs is 1. The number of morpholine rings is 1. The van der Waals surface area contributed by atoms with E-state index in [9.17, 15) is 5.11 Å². The van der Waals surface area contributed by atoms with Crippen molar-refractivity contribution in [1.29, 1.82) is 0 Å². The third kappa shape index (κ3) is 2.27. The summed E-state index contributed by atoms with van der Waals surface area (Å²) in [5.74, 6) is 0. The molecule has 1 aliphatic heterocycles. The minimum atomic E-state index is -0.0340. The lowest BCUT2D eigenvalue weighted by Gasteiger charge is -2.36. The summed E-state index contributed by atoms with van der Waals surface area (Å²) in [5, 5.41) is 10.5. The van der Waals surface area contributed by atoms with Crippen LogP contribution < -0.4 is 10.6 Å². The van der Waals surface area contributed by atoms with Crippen LogP contribution in [0.2, 0.25) is 0 Å². The number of benzene rings is 1. The number of nitrogen functional groups attached to an aromatic ring is 1. The molecule has 1 aliphatic rings. The molecule has 1 unspecified atom stereocenters. The molecule has 0 spiro atoms. The number of ether oxygens (including phenoxy) is 1. The number of nitrogens with zero attached hydrogens (tertiary/aromatic N) is 2. The highest BCUT2D eigenvalue weighted by Gasteiger charge is 2.24. The number of hydrogen-bond acceptors (Lipinski definition) is 6. The normalized spacial score (nSPS) is 20.1. The van der Waals surface area contributed by atoms with E-state index in [1.165, 1.54) is 0 Å². The van der Waals surface area contributed by atoms with E-state index in [4.69, 9.17) is 10.5 Å². The van der Waals surface area contributed by atoms with Crippen molar-refractivity contribution in [2.24, 2.45) is 0 Å². The Bertz CT molecular complexity index is 599. The van der Waals surface area contributed by atoms with Gasteiger partial charge in [0.05, 0.1) is 52.5 Å². The first-order valence-corrected chi connectivity index (χ1v) is 7.12. The van der Waals surface area contributed by atoms with Crippen molar-refractivity contribution < 1.29 is 9.84 Å². The molecule has 0 bridgehead atoms. The van der Waals surface area contributed by atoms with Gasteiger partial charge in [0.15, 0.2) is 0 Å². The first-order valence-electron chi connectivity index (χ1n) is 6.31. The molecule has 1 saturated heterocycles. The molecule has 1 aromatic heterocycles. The molecule has 0 saturated carbocycles. The van der Waals surface area contributed by atoms with Crippen molar-refractivity contribution in [3.8, 4) is 0 Å². The van der Waals surface area contributed by atoms with Crippen molar-refractivity contribution in [2.75, 3.05) is 37.0 Å². The summed E-state index contributed by atoms with van der Waals surface area (Å²) in [7, 11) is 0. The summed E-state index contributed by atoms with van der Waals surface area (Å²) in [5.41, 5.74) is 8.80. The largest absolute Gasteiger partial charge is 0.397 e. The average molecular weight is 279 g/mol. The van der Waals surface area contributed by atoms with Crippen LogP contribution in [0.15, 0.2) is 12.1 Å². The molecule has 1 atom stereocenters. The fourth-order valence-corrected chi connectivity index (χ4v) is 3.32. The predicted octanol–water partition coefficient (Wildman–Crippen LogP) is 1.38. The molecule has 0 aliphatic carbocycles. The summed E-state index contributed by atoms with van der Waals surface area (Å²) in [6, 6.07) is 3.95.